The van der Waals surface area contributed by atoms with E-state index in [1.54, 1.807) is 31.0 Å². The lowest BCUT2D eigenvalue weighted by molar-refractivity contribution is -0.139. The monoisotopic (exact) mass is 336 g/mol. The van der Waals surface area contributed by atoms with Crippen LogP contribution in [0.5, 0.6) is 11.5 Å². The molecule has 1 aliphatic rings. The van der Waals surface area contributed by atoms with E-state index in [0.717, 1.165) is 11.3 Å². The summed E-state index contributed by atoms with van der Waals surface area (Å²) >= 11 is 5.32. The molecule has 0 radical (unpaired) electrons. The Kier molecular flexibility index (Phi) is 5.10. The van der Waals surface area contributed by atoms with Gasteiger partial charge in [-0.05, 0) is 43.8 Å². The van der Waals surface area contributed by atoms with Crippen LogP contribution >= 0.6 is 12.2 Å². The predicted octanol–water partition coefficient (Wildman–Crippen LogP) is 2.10. The van der Waals surface area contributed by atoms with Crippen molar-refractivity contribution < 1.29 is 19.4 Å². The third kappa shape index (κ3) is 3.24. The molecule has 0 saturated carbocycles. The molecular weight excluding hydrogens is 316 g/mol. The fraction of sp³-hybridized carbons (Fsp3) is 0.375. The summed E-state index contributed by atoms with van der Waals surface area (Å²) in [5.74, 6) is -0.0379. The first-order valence-corrected chi connectivity index (χ1v) is 7.60. The second-order valence-electron chi connectivity index (χ2n) is 5.09. The van der Waals surface area contributed by atoms with E-state index in [1.165, 1.54) is 13.2 Å². The fourth-order valence-corrected chi connectivity index (χ4v) is 2.69. The van der Waals surface area contributed by atoms with Crippen LogP contribution in [0.25, 0.3) is 0 Å². The summed E-state index contributed by atoms with van der Waals surface area (Å²) in [7, 11) is 3.26. The van der Waals surface area contributed by atoms with Crippen LogP contribution in [0.3, 0.4) is 0 Å². The number of carbonyl (C=O) groups excluding carboxylic acids is 1. The van der Waals surface area contributed by atoms with Crippen LogP contribution in [-0.2, 0) is 9.53 Å². The number of methoxy groups -OCH3 is 1. The van der Waals surface area contributed by atoms with E-state index in [2.05, 4.69) is 5.32 Å². The topological polar surface area (TPSA) is 71.0 Å². The van der Waals surface area contributed by atoms with E-state index in [0.29, 0.717) is 16.4 Å². The van der Waals surface area contributed by atoms with Crippen LogP contribution < -0.4 is 10.1 Å². The number of carbonyl (C=O) groups is 1. The van der Waals surface area contributed by atoms with Crippen LogP contribution in [0, 0.1) is 0 Å². The number of ether oxygens (including phenoxy) is 2. The van der Waals surface area contributed by atoms with Crippen molar-refractivity contribution in [2.24, 2.45) is 0 Å². The number of phenolic OH excluding ortho intramolecular Hbond substituents is 1. The molecule has 0 aromatic heterocycles. The first-order chi connectivity index (χ1) is 10.9. The van der Waals surface area contributed by atoms with Crippen molar-refractivity contribution in [3.05, 3.63) is 35.0 Å². The minimum absolute atomic E-state index is 0.0325. The third-order valence-electron chi connectivity index (χ3n) is 3.79. The fourth-order valence-electron chi connectivity index (χ4n) is 2.43. The zero-order valence-corrected chi connectivity index (χ0v) is 14.4. The Morgan fingerprint density at radius 2 is 2.17 bits per heavy atom. The molecule has 0 aliphatic carbocycles. The number of thiocarbonyl (C=S) groups is 1. The van der Waals surface area contributed by atoms with Crippen molar-refractivity contribution in [2.45, 2.75) is 19.9 Å². The van der Waals surface area contributed by atoms with Gasteiger partial charge in [0.25, 0.3) is 0 Å². The van der Waals surface area contributed by atoms with Crippen LogP contribution in [0.15, 0.2) is 29.5 Å². The smallest absolute Gasteiger partial charge is 0.338 e. The molecule has 0 saturated heterocycles. The molecule has 1 heterocycles. The molecule has 1 aromatic rings. The Hall–Kier alpha value is -2.28. The maximum atomic E-state index is 12.4. The number of phenols is 1. The average molecular weight is 336 g/mol. The largest absolute Gasteiger partial charge is 0.504 e. The lowest BCUT2D eigenvalue weighted by atomic mass is 9.95. The molecule has 0 fully saturated rings. The summed E-state index contributed by atoms with van der Waals surface area (Å²) in [6.45, 7) is 3.87. The number of hydrogen-bond acceptors (Lipinski definition) is 5. The van der Waals surface area contributed by atoms with Crippen molar-refractivity contribution in [3.63, 3.8) is 0 Å². The summed E-state index contributed by atoms with van der Waals surface area (Å²) in [5.41, 5.74) is 1.96. The number of rotatable bonds is 4. The van der Waals surface area contributed by atoms with E-state index in [1.807, 2.05) is 6.92 Å². The van der Waals surface area contributed by atoms with Crippen molar-refractivity contribution in [1.29, 1.82) is 0 Å². The molecule has 0 unspecified atom stereocenters. The Morgan fingerprint density at radius 3 is 2.78 bits per heavy atom. The zero-order chi connectivity index (χ0) is 17.1. The first kappa shape index (κ1) is 17.1. The molecule has 23 heavy (non-hydrogen) atoms. The number of allylic oxidation sites excluding steroid dienone is 1. The molecule has 1 aromatic carbocycles. The standard InChI is InChI=1S/C16H20N2O4S/c1-5-22-15(20)13-9(2)18(3)16(23)17-14(13)10-6-7-11(19)12(8-10)21-4/h6-8,14,19H,5H2,1-4H3,(H,17,23)/t14-/m0/s1. The highest BCUT2D eigenvalue weighted by atomic mass is 32.1. The maximum Gasteiger partial charge on any atom is 0.338 e. The molecule has 1 aliphatic heterocycles. The van der Waals surface area contributed by atoms with Gasteiger partial charge < -0.3 is 24.8 Å². The van der Waals surface area contributed by atoms with Gasteiger partial charge in [-0.15, -0.1) is 0 Å². The summed E-state index contributed by atoms with van der Waals surface area (Å²) in [5, 5.41) is 13.4. The van der Waals surface area contributed by atoms with E-state index in [-0.39, 0.29) is 12.4 Å². The first-order valence-electron chi connectivity index (χ1n) is 7.19. The number of benzene rings is 1. The molecule has 124 valence electrons. The summed E-state index contributed by atoms with van der Waals surface area (Å²) in [6.07, 6.45) is 0. The van der Waals surface area contributed by atoms with E-state index in [9.17, 15) is 9.90 Å². The van der Waals surface area contributed by atoms with Gasteiger partial charge in [-0.1, -0.05) is 6.07 Å². The van der Waals surface area contributed by atoms with Gasteiger partial charge in [0.2, 0.25) is 0 Å². The quantitative estimate of drug-likeness (QED) is 0.644. The average Bonchev–Trinajstić information content (AvgIpc) is 2.53. The van der Waals surface area contributed by atoms with Crippen molar-refractivity contribution in [1.82, 2.24) is 10.2 Å². The SMILES string of the molecule is CCOC(=O)C1=C(C)N(C)C(=S)N[C@H]1c1ccc(O)c(OC)c1. The number of esters is 1. The van der Waals surface area contributed by atoms with Gasteiger partial charge in [-0.2, -0.15) is 0 Å². The van der Waals surface area contributed by atoms with Crippen LogP contribution in [0.4, 0.5) is 0 Å². The molecule has 0 spiro atoms. The molecule has 0 amide bonds. The Bertz CT molecular complexity index is 672. The van der Waals surface area contributed by atoms with Gasteiger partial charge in [0, 0.05) is 12.7 Å². The van der Waals surface area contributed by atoms with E-state index < -0.39 is 12.0 Å². The molecule has 0 bridgehead atoms. The Morgan fingerprint density at radius 1 is 1.48 bits per heavy atom. The number of aromatic hydroxyl groups is 1. The van der Waals surface area contributed by atoms with Gasteiger partial charge in [0.15, 0.2) is 16.6 Å². The van der Waals surface area contributed by atoms with Gasteiger partial charge in [0.05, 0.1) is 25.3 Å². The molecule has 2 N–H and O–H groups in total. The zero-order valence-electron chi connectivity index (χ0n) is 13.5. The number of nitrogens with zero attached hydrogens (tertiary/aromatic N) is 1. The lowest BCUT2D eigenvalue weighted by Crippen LogP contribution is -2.46. The highest BCUT2D eigenvalue weighted by molar-refractivity contribution is 7.80. The lowest BCUT2D eigenvalue weighted by Gasteiger charge is -2.35. The molecule has 7 heteroatoms. The third-order valence-corrected chi connectivity index (χ3v) is 4.18. The van der Waals surface area contributed by atoms with Crippen LogP contribution in [0.1, 0.15) is 25.5 Å². The van der Waals surface area contributed by atoms with Gasteiger partial charge in [-0.3, -0.25) is 0 Å². The van der Waals surface area contributed by atoms with E-state index in [4.69, 9.17) is 21.7 Å². The molecule has 2 rings (SSSR count). The highest BCUT2D eigenvalue weighted by Crippen LogP contribution is 2.35. The van der Waals surface area contributed by atoms with Gasteiger partial charge in [-0.25, -0.2) is 4.79 Å². The second kappa shape index (κ2) is 6.87. The minimum atomic E-state index is -0.466. The normalized spacial score (nSPS) is 17.8. The molecule has 1 atom stereocenters. The van der Waals surface area contributed by atoms with E-state index >= 15 is 0 Å². The van der Waals surface area contributed by atoms with Crippen LogP contribution in [-0.4, -0.2) is 41.9 Å². The minimum Gasteiger partial charge on any atom is -0.504 e. The van der Waals surface area contributed by atoms with Gasteiger partial charge >= 0.3 is 5.97 Å². The Labute approximate surface area is 140 Å². The molecule has 6 nitrogen and oxygen atoms in total. The summed E-state index contributed by atoms with van der Waals surface area (Å²) < 4.78 is 10.3. The van der Waals surface area contributed by atoms with Crippen molar-refractivity contribution >= 4 is 23.3 Å². The number of nitrogens with one attached hydrogen (secondary N) is 1. The van der Waals surface area contributed by atoms with Crippen molar-refractivity contribution in [3.8, 4) is 11.5 Å². The Balaban J connectivity index is 2.53. The summed E-state index contributed by atoms with van der Waals surface area (Å²) in [4.78, 5) is 14.1. The maximum absolute atomic E-state index is 12.4. The van der Waals surface area contributed by atoms with Crippen LogP contribution in [0.2, 0.25) is 0 Å². The highest BCUT2D eigenvalue weighted by Gasteiger charge is 2.33. The second-order valence-corrected chi connectivity index (χ2v) is 5.48. The van der Waals surface area contributed by atoms with Crippen molar-refractivity contribution in [2.75, 3.05) is 20.8 Å². The predicted molar refractivity (Wildman–Crippen MR) is 90.2 cm³/mol. The van der Waals surface area contributed by atoms with Gasteiger partial charge in [0.1, 0.15) is 0 Å². The number of hydrogen-bond donors (Lipinski definition) is 2. The molecular formula is C16H20N2O4S. The summed E-state index contributed by atoms with van der Waals surface area (Å²) in [6, 6.07) is 4.45.